The molecule has 2 aliphatic heterocycles. The van der Waals surface area contributed by atoms with E-state index in [0.717, 1.165) is 29.7 Å². The average Bonchev–Trinajstić information content (AvgIpc) is 3.15. The van der Waals surface area contributed by atoms with Crippen LogP contribution in [0.3, 0.4) is 0 Å². The lowest BCUT2D eigenvalue weighted by atomic mass is 10.0. The third-order valence-electron chi connectivity index (χ3n) is 5.01. The Balaban J connectivity index is 1.37. The van der Waals surface area contributed by atoms with Crippen LogP contribution in [0.25, 0.3) is 11.1 Å². The molecule has 2 heterocycles. The number of ether oxygens (including phenoxy) is 3. The van der Waals surface area contributed by atoms with E-state index in [9.17, 15) is 4.79 Å². The Hall–Kier alpha value is -2.37. The molecule has 136 valence electrons. The van der Waals surface area contributed by atoms with E-state index in [1.165, 1.54) is 0 Å². The minimum atomic E-state index is -0.461. The molecule has 1 spiro atoms. The lowest BCUT2D eigenvalue weighted by molar-refractivity contribution is -0.187. The van der Waals surface area contributed by atoms with E-state index >= 15 is 0 Å². The van der Waals surface area contributed by atoms with Crippen molar-refractivity contribution in [1.29, 1.82) is 0 Å². The van der Waals surface area contributed by atoms with E-state index in [1.807, 2.05) is 59.5 Å². The molecule has 0 N–H and O–H groups in total. The van der Waals surface area contributed by atoms with Crippen molar-refractivity contribution in [3.8, 4) is 16.9 Å². The van der Waals surface area contributed by atoms with Gasteiger partial charge in [0, 0.05) is 31.5 Å². The number of benzene rings is 2. The molecule has 2 aliphatic rings. The van der Waals surface area contributed by atoms with Gasteiger partial charge in [0.25, 0.3) is 5.91 Å². The predicted octanol–water partition coefficient (Wildman–Crippen LogP) is 3.10. The zero-order valence-corrected chi connectivity index (χ0v) is 14.7. The van der Waals surface area contributed by atoms with Crippen molar-refractivity contribution in [3.05, 3.63) is 54.6 Å². The third kappa shape index (κ3) is 3.59. The van der Waals surface area contributed by atoms with E-state index < -0.39 is 5.79 Å². The Morgan fingerprint density at radius 2 is 1.62 bits per heavy atom. The molecule has 0 saturated carbocycles. The quantitative estimate of drug-likeness (QED) is 0.847. The summed E-state index contributed by atoms with van der Waals surface area (Å²) in [6.07, 6.45) is 1.44. The van der Waals surface area contributed by atoms with E-state index in [2.05, 4.69) is 0 Å². The summed E-state index contributed by atoms with van der Waals surface area (Å²) in [6, 6.07) is 17.9. The maximum atomic E-state index is 12.5. The average molecular weight is 353 g/mol. The van der Waals surface area contributed by atoms with Gasteiger partial charge in [-0.2, -0.15) is 0 Å². The first kappa shape index (κ1) is 17.1. The molecule has 5 nitrogen and oxygen atoms in total. The van der Waals surface area contributed by atoms with Crippen LogP contribution in [0.4, 0.5) is 0 Å². The zero-order chi connectivity index (χ0) is 17.8. The fourth-order valence-corrected chi connectivity index (χ4v) is 3.56. The van der Waals surface area contributed by atoms with Gasteiger partial charge in [0.1, 0.15) is 5.75 Å². The van der Waals surface area contributed by atoms with Crippen molar-refractivity contribution >= 4 is 5.91 Å². The first-order valence-corrected chi connectivity index (χ1v) is 9.09. The molecule has 0 aliphatic carbocycles. The second-order valence-corrected chi connectivity index (χ2v) is 6.64. The summed E-state index contributed by atoms with van der Waals surface area (Å²) in [6.45, 7) is 2.62. The Labute approximate surface area is 153 Å². The summed E-state index contributed by atoms with van der Waals surface area (Å²) in [5.74, 6) is 0.265. The van der Waals surface area contributed by atoms with Gasteiger partial charge in [0.05, 0.1) is 13.2 Å². The van der Waals surface area contributed by atoms with E-state index in [0.29, 0.717) is 26.3 Å². The van der Waals surface area contributed by atoms with E-state index in [1.54, 1.807) is 0 Å². The Bertz CT molecular complexity index is 746. The van der Waals surface area contributed by atoms with E-state index in [4.69, 9.17) is 14.2 Å². The topological polar surface area (TPSA) is 48.0 Å². The molecule has 0 radical (unpaired) electrons. The minimum absolute atomic E-state index is 0.000659. The summed E-state index contributed by atoms with van der Waals surface area (Å²) in [7, 11) is 0. The number of likely N-dealkylation sites (tertiary alicyclic amines) is 1. The van der Waals surface area contributed by atoms with Crippen LogP contribution in [-0.2, 0) is 14.3 Å². The van der Waals surface area contributed by atoms with Crippen LogP contribution >= 0.6 is 0 Å². The van der Waals surface area contributed by atoms with Crippen molar-refractivity contribution in [1.82, 2.24) is 4.90 Å². The number of amides is 1. The summed E-state index contributed by atoms with van der Waals surface area (Å²) in [5.41, 5.74) is 2.07. The molecule has 2 aromatic rings. The molecule has 5 heteroatoms. The molecule has 4 rings (SSSR count). The molecule has 26 heavy (non-hydrogen) atoms. The van der Waals surface area contributed by atoms with Gasteiger partial charge < -0.3 is 19.1 Å². The SMILES string of the molecule is O=C(COc1ccccc1-c1ccccc1)N1CCC2(CC1)OCCO2. The maximum Gasteiger partial charge on any atom is 0.260 e. The van der Waals surface area contributed by atoms with Crippen molar-refractivity contribution in [3.63, 3.8) is 0 Å². The number of hydrogen-bond acceptors (Lipinski definition) is 4. The van der Waals surface area contributed by atoms with Crippen molar-refractivity contribution in [2.75, 3.05) is 32.9 Å². The summed E-state index contributed by atoms with van der Waals surface area (Å²) >= 11 is 0. The number of piperidine rings is 1. The molecule has 0 aromatic heterocycles. The third-order valence-corrected chi connectivity index (χ3v) is 5.01. The van der Waals surface area contributed by atoms with Gasteiger partial charge in [0.15, 0.2) is 12.4 Å². The number of hydrogen-bond donors (Lipinski definition) is 0. The monoisotopic (exact) mass is 353 g/mol. The Morgan fingerprint density at radius 3 is 2.35 bits per heavy atom. The Kier molecular flexibility index (Phi) is 4.91. The van der Waals surface area contributed by atoms with Crippen LogP contribution < -0.4 is 4.74 Å². The number of carbonyl (C=O) groups excluding carboxylic acids is 1. The van der Waals surface area contributed by atoms with Gasteiger partial charge in [-0.05, 0) is 11.6 Å². The number of carbonyl (C=O) groups is 1. The number of rotatable bonds is 4. The van der Waals surface area contributed by atoms with Crippen LogP contribution in [0.5, 0.6) is 5.75 Å². The second-order valence-electron chi connectivity index (χ2n) is 6.64. The van der Waals surface area contributed by atoms with Crippen molar-refractivity contribution in [2.24, 2.45) is 0 Å². The zero-order valence-electron chi connectivity index (χ0n) is 14.7. The fourth-order valence-electron chi connectivity index (χ4n) is 3.56. The largest absolute Gasteiger partial charge is 0.483 e. The molecular weight excluding hydrogens is 330 g/mol. The smallest absolute Gasteiger partial charge is 0.260 e. The van der Waals surface area contributed by atoms with Crippen LogP contribution in [0, 0.1) is 0 Å². The molecule has 2 aromatic carbocycles. The molecule has 0 unspecified atom stereocenters. The van der Waals surface area contributed by atoms with Gasteiger partial charge in [-0.3, -0.25) is 4.79 Å². The van der Waals surface area contributed by atoms with Gasteiger partial charge >= 0.3 is 0 Å². The van der Waals surface area contributed by atoms with Gasteiger partial charge in [0.2, 0.25) is 0 Å². The number of para-hydroxylation sites is 1. The first-order chi connectivity index (χ1) is 12.8. The summed E-state index contributed by atoms with van der Waals surface area (Å²) < 4.78 is 17.3. The lowest BCUT2D eigenvalue weighted by Crippen LogP contribution is -2.48. The minimum Gasteiger partial charge on any atom is -0.483 e. The van der Waals surface area contributed by atoms with Crippen LogP contribution in [0.1, 0.15) is 12.8 Å². The fraction of sp³-hybridized carbons (Fsp3) is 0.381. The highest BCUT2D eigenvalue weighted by atomic mass is 16.7. The Morgan fingerprint density at radius 1 is 0.962 bits per heavy atom. The highest BCUT2D eigenvalue weighted by molar-refractivity contribution is 5.78. The van der Waals surface area contributed by atoms with Crippen molar-refractivity contribution in [2.45, 2.75) is 18.6 Å². The standard InChI is InChI=1S/C21H23NO4/c23-20(22-12-10-21(11-13-22)25-14-15-26-21)16-24-19-9-5-4-8-18(19)17-6-2-1-3-7-17/h1-9H,10-16H2. The van der Waals surface area contributed by atoms with Gasteiger partial charge in [-0.25, -0.2) is 0 Å². The molecular formula is C21H23NO4. The van der Waals surface area contributed by atoms with Crippen LogP contribution in [0.2, 0.25) is 0 Å². The number of nitrogens with zero attached hydrogens (tertiary/aromatic N) is 1. The van der Waals surface area contributed by atoms with E-state index in [-0.39, 0.29) is 12.5 Å². The highest BCUT2D eigenvalue weighted by Gasteiger charge is 2.40. The van der Waals surface area contributed by atoms with Gasteiger partial charge in [-0.1, -0.05) is 48.5 Å². The lowest BCUT2D eigenvalue weighted by Gasteiger charge is -2.37. The van der Waals surface area contributed by atoms with Gasteiger partial charge in [-0.15, -0.1) is 0 Å². The highest BCUT2D eigenvalue weighted by Crippen LogP contribution is 2.32. The normalized spacial score (nSPS) is 18.8. The van der Waals surface area contributed by atoms with Crippen LogP contribution in [-0.4, -0.2) is 49.5 Å². The summed E-state index contributed by atoms with van der Waals surface area (Å²) in [5, 5.41) is 0. The first-order valence-electron chi connectivity index (χ1n) is 9.09. The van der Waals surface area contributed by atoms with Crippen molar-refractivity contribution < 1.29 is 19.0 Å². The molecule has 2 saturated heterocycles. The predicted molar refractivity (Wildman–Crippen MR) is 97.8 cm³/mol. The van der Waals surface area contributed by atoms with Crippen LogP contribution in [0.15, 0.2) is 54.6 Å². The molecule has 0 bridgehead atoms. The maximum absolute atomic E-state index is 12.5. The molecule has 2 fully saturated rings. The molecule has 0 atom stereocenters. The summed E-state index contributed by atoms with van der Waals surface area (Å²) in [4.78, 5) is 14.4. The second kappa shape index (κ2) is 7.48. The molecule has 1 amide bonds.